The fourth-order valence-electron chi connectivity index (χ4n) is 1.82. The van der Waals surface area contributed by atoms with Crippen molar-refractivity contribution in [3.8, 4) is 0 Å². The molecule has 3 nitrogen and oxygen atoms in total. The van der Waals surface area contributed by atoms with Crippen molar-refractivity contribution in [1.29, 1.82) is 0 Å². The van der Waals surface area contributed by atoms with Gasteiger partial charge in [-0.05, 0) is 32.4 Å². The van der Waals surface area contributed by atoms with Crippen molar-refractivity contribution in [3.05, 3.63) is 0 Å². The highest BCUT2D eigenvalue weighted by molar-refractivity contribution is 5.78. The van der Waals surface area contributed by atoms with Gasteiger partial charge < -0.3 is 10.6 Å². The molecule has 0 aliphatic rings. The molecule has 0 fully saturated rings. The Labute approximate surface area is 113 Å². The molecule has 0 aromatic carbocycles. The van der Waals surface area contributed by atoms with E-state index in [1.165, 1.54) is 6.42 Å². The van der Waals surface area contributed by atoms with Crippen LogP contribution in [0.3, 0.4) is 0 Å². The number of carbonyl (C=O) groups excluding carboxylic acids is 1. The van der Waals surface area contributed by atoms with Gasteiger partial charge in [0.1, 0.15) is 5.78 Å². The van der Waals surface area contributed by atoms with Crippen molar-refractivity contribution in [3.63, 3.8) is 0 Å². The van der Waals surface area contributed by atoms with Crippen LogP contribution in [0.4, 0.5) is 0 Å². The summed E-state index contributed by atoms with van der Waals surface area (Å²) in [6.45, 7) is 10.6. The first-order chi connectivity index (χ1) is 8.52. The summed E-state index contributed by atoms with van der Waals surface area (Å²) >= 11 is 0. The van der Waals surface area contributed by atoms with E-state index in [9.17, 15) is 4.79 Å². The maximum absolute atomic E-state index is 11.6. The zero-order chi connectivity index (χ0) is 13.8. The molecule has 0 amide bonds. The van der Waals surface area contributed by atoms with E-state index >= 15 is 0 Å². The smallest absolute Gasteiger partial charge is 0.132 e. The van der Waals surface area contributed by atoms with Crippen LogP contribution in [0.25, 0.3) is 0 Å². The predicted molar refractivity (Wildman–Crippen MR) is 79.0 cm³/mol. The molecular formula is C15H32N2O. The maximum atomic E-state index is 11.6. The fraction of sp³-hybridized carbons (Fsp3) is 0.933. The highest BCUT2D eigenvalue weighted by Crippen LogP contribution is 2.03. The Morgan fingerprint density at radius 3 is 1.83 bits per heavy atom. The van der Waals surface area contributed by atoms with Crippen molar-refractivity contribution >= 4 is 5.78 Å². The molecule has 0 heterocycles. The minimum atomic E-state index is 0.428. The molecule has 0 aromatic rings. The summed E-state index contributed by atoms with van der Waals surface area (Å²) in [7, 11) is 0. The monoisotopic (exact) mass is 256 g/mol. The molecule has 2 N–H and O–H groups in total. The minimum Gasteiger partial charge on any atom is -0.315 e. The molecule has 3 heteroatoms. The van der Waals surface area contributed by atoms with Gasteiger partial charge in [0.25, 0.3) is 0 Å². The highest BCUT2D eigenvalue weighted by atomic mass is 16.1. The number of hydrogen-bond donors (Lipinski definition) is 2. The van der Waals surface area contributed by atoms with Gasteiger partial charge in [-0.25, -0.2) is 0 Å². The lowest BCUT2D eigenvalue weighted by molar-refractivity contribution is -0.119. The molecule has 0 rings (SSSR count). The zero-order valence-electron chi connectivity index (χ0n) is 12.7. The number of ketones is 1. The van der Waals surface area contributed by atoms with E-state index < -0.39 is 0 Å². The molecule has 0 radical (unpaired) electrons. The van der Waals surface area contributed by atoms with Gasteiger partial charge in [0.2, 0.25) is 0 Å². The number of Topliss-reactive ketones (excluding diaryl/α,β-unsaturated/α-hetero) is 1. The van der Waals surface area contributed by atoms with Gasteiger partial charge in [0, 0.05) is 24.9 Å². The standard InChI is InChI=1S/C15H32N2O/c1-13(2)16-11-7-5-6-9-15(18)10-8-12-17-14(3)4/h13-14,16-17H,5-12H2,1-4H3. The number of hydrogen-bond acceptors (Lipinski definition) is 3. The lowest BCUT2D eigenvalue weighted by Gasteiger charge is -2.08. The molecule has 18 heavy (non-hydrogen) atoms. The average molecular weight is 256 g/mol. The predicted octanol–water partition coefficient (Wildman–Crippen LogP) is 2.89. The van der Waals surface area contributed by atoms with Crippen LogP contribution < -0.4 is 10.6 Å². The van der Waals surface area contributed by atoms with Crippen LogP contribution in [0.15, 0.2) is 0 Å². The molecule has 0 aliphatic heterocycles. The Balaban J connectivity index is 3.22. The first-order valence-corrected chi connectivity index (χ1v) is 7.51. The molecule has 0 bridgehead atoms. The third-order valence-electron chi connectivity index (χ3n) is 2.87. The topological polar surface area (TPSA) is 41.1 Å². The summed E-state index contributed by atoms with van der Waals surface area (Å²) < 4.78 is 0. The lowest BCUT2D eigenvalue weighted by Crippen LogP contribution is -2.24. The first-order valence-electron chi connectivity index (χ1n) is 7.51. The largest absolute Gasteiger partial charge is 0.315 e. The van der Waals surface area contributed by atoms with Crippen LogP contribution in [0.5, 0.6) is 0 Å². The molecule has 0 saturated heterocycles. The van der Waals surface area contributed by atoms with Crippen molar-refractivity contribution in [1.82, 2.24) is 10.6 Å². The van der Waals surface area contributed by atoms with Crippen LogP contribution in [0, 0.1) is 0 Å². The van der Waals surface area contributed by atoms with E-state index in [2.05, 4.69) is 38.3 Å². The lowest BCUT2D eigenvalue weighted by atomic mass is 10.1. The summed E-state index contributed by atoms with van der Waals surface area (Å²) in [5.74, 6) is 0.428. The molecule has 0 aromatic heterocycles. The molecule has 0 unspecified atom stereocenters. The minimum absolute atomic E-state index is 0.428. The van der Waals surface area contributed by atoms with E-state index in [1.54, 1.807) is 0 Å². The van der Waals surface area contributed by atoms with Gasteiger partial charge in [-0.1, -0.05) is 34.1 Å². The third-order valence-corrected chi connectivity index (χ3v) is 2.87. The van der Waals surface area contributed by atoms with E-state index in [1.807, 2.05) is 0 Å². The van der Waals surface area contributed by atoms with Crippen molar-refractivity contribution in [2.75, 3.05) is 13.1 Å². The third kappa shape index (κ3) is 13.7. The van der Waals surface area contributed by atoms with Crippen molar-refractivity contribution in [2.24, 2.45) is 0 Å². The second-order valence-corrected chi connectivity index (χ2v) is 5.67. The maximum Gasteiger partial charge on any atom is 0.132 e. The van der Waals surface area contributed by atoms with E-state index in [-0.39, 0.29) is 0 Å². The quantitative estimate of drug-likeness (QED) is 0.528. The molecular weight excluding hydrogens is 224 g/mol. The van der Waals surface area contributed by atoms with E-state index in [0.29, 0.717) is 17.9 Å². The van der Waals surface area contributed by atoms with Crippen LogP contribution in [-0.2, 0) is 4.79 Å². The first kappa shape index (κ1) is 17.6. The van der Waals surface area contributed by atoms with Crippen LogP contribution in [0.2, 0.25) is 0 Å². The van der Waals surface area contributed by atoms with Crippen LogP contribution in [0.1, 0.15) is 66.2 Å². The normalized spacial score (nSPS) is 11.4. The van der Waals surface area contributed by atoms with Gasteiger partial charge in [-0.15, -0.1) is 0 Å². The van der Waals surface area contributed by atoms with Crippen LogP contribution in [-0.4, -0.2) is 31.0 Å². The van der Waals surface area contributed by atoms with Crippen molar-refractivity contribution in [2.45, 2.75) is 78.3 Å². The molecule has 0 saturated carbocycles. The summed E-state index contributed by atoms with van der Waals surface area (Å²) in [6, 6.07) is 1.09. The Hall–Kier alpha value is -0.410. The summed E-state index contributed by atoms with van der Waals surface area (Å²) in [4.78, 5) is 11.6. The average Bonchev–Trinajstić information content (AvgIpc) is 2.28. The number of carbonyl (C=O) groups is 1. The SMILES string of the molecule is CC(C)NCCCCCC(=O)CCCNC(C)C. The summed E-state index contributed by atoms with van der Waals surface area (Å²) in [6.07, 6.45) is 5.88. The van der Waals surface area contributed by atoms with Crippen LogP contribution >= 0.6 is 0 Å². The summed E-state index contributed by atoms with van der Waals surface area (Å²) in [5, 5.41) is 6.73. The molecule has 0 spiro atoms. The summed E-state index contributed by atoms with van der Waals surface area (Å²) in [5.41, 5.74) is 0. The van der Waals surface area contributed by atoms with E-state index in [4.69, 9.17) is 0 Å². The molecule has 108 valence electrons. The van der Waals surface area contributed by atoms with Gasteiger partial charge in [-0.2, -0.15) is 0 Å². The zero-order valence-corrected chi connectivity index (χ0v) is 12.7. The number of unbranched alkanes of at least 4 members (excludes halogenated alkanes) is 2. The molecule has 0 aliphatic carbocycles. The van der Waals surface area contributed by atoms with Gasteiger partial charge in [0.15, 0.2) is 0 Å². The number of nitrogens with one attached hydrogen (secondary N) is 2. The van der Waals surface area contributed by atoms with Crippen molar-refractivity contribution < 1.29 is 4.79 Å². The Morgan fingerprint density at radius 2 is 1.28 bits per heavy atom. The number of rotatable bonds is 12. The second kappa shape index (κ2) is 11.7. The van der Waals surface area contributed by atoms with E-state index in [0.717, 1.165) is 45.2 Å². The van der Waals surface area contributed by atoms with Gasteiger partial charge in [0.05, 0.1) is 0 Å². The molecule has 0 atom stereocenters. The van der Waals surface area contributed by atoms with Gasteiger partial charge >= 0.3 is 0 Å². The Bertz CT molecular complexity index is 203. The van der Waals surface area contributed by atoms with Gasteiger partial charge in [-0.3, -0.25) is 4.79 Å². The fourth-order valence-corrected chi connectivity index (χ4v) is 1.82. The Morgan fingerprint density at radius 1 is 0.778 bits per heavy atom. The second-order valence-electron chi connectivity index (χ2n) is 5.67. The highest BCUT2D eigenvalue weighted by Gasteiger charge is 2.02. The Kier molecular flexibility index (Phi) is 11.4.